The van der Waals surface area contributed by atoms with Crippen molar-refractivity contribution in [3.63, 3.8) is 0 Å². The summed E-state index contributed by atoms with van der Waals surface area (Å²) >= 11 is 6.01. The third-order valence-corrected chi connectivity index (χ3v) is 3.68. The van der Waals surface area contributed by atoms with Crippen molar-refractivity contribution in [2.45, 2.75) is 19.8 Å². The Labute approximate surface area is 141 Å². The van der Waals surface area contributed by atoms with Gasteiger partial charge in [0.15, 0.2) is 0 Å². The molecule has 0 fully saturated rings. The van der Waals surface area contributed by atoms with E-state index in [-0.39, 0.29) is 11.5 Å². The minimum absolute atomic E-state index is 0.114. The highest BCUT2D eigenvalue weighted by Gasteiger charge is 2.16. The maximum absolute atomic E-state index is 12.5. The minimum Gasteiger partial charge on any atom is -0.306 e. The number of aromatic amines is 1. The van der Waals surface area contributed by atoms with Crippen molar-refractivity contribution in [2.24, 2.45) is 0 Å². The number of H-pyrrole nitrogens is 1. The molecule has 0 atom stereocenters. The van der Waals surface area contributed by atoms with E-state index in [1.807, 2.05) is 6.92 Å². The summed E-state index contributed by atoms with van der Waals surface area (Å²) in [6, 6.07) is 6.26. The highest BCUT2D eigenvalue weighted by molar-refractivity contribution is 6.33. The number of carbonyl (C=O) groups is 1. The number of anilines is 2. The molecule has 0 radical (unpaired) electrons. The van der Waals surface area contributed by atoms with Crippen LogP contribution in [-0.2, 0) is 6.42 Å². The second-order valence-corrected chi connectivity index (χ2v) is 5.48. The van der Waals surface area contributed by atoms with Crippen LogP contribution in [0.15, 0.2) is 35.4 Å². The number of carbonyl (C=O) groups excluding carboxylic acids is 1. The number of halogens is 1. The predicted octanol–water partition coefficient (Wildman–Crippen LogP) is 2.67. The molecule has 1 aromatic carbocycles. The quantitative estimate of drug-likeness (QED) is 0.675. The summed E-state index contributed by atoms with van der Waals surface area (Å²) in [5.74, 6) is 0.264. The summed E-state index contributed by atoms with van der Waals surface area (Å²) in [5.41, 5.74) is 0.631. The lowest BCUT2D eigenvalue weighted by Gasteiger charge is -2.11. The standard InChI is InChI=1S/C15H15ClN6O2/c1-2-5-11-12(13(23)22-14(19-11)17-8-18-22)21-15(24)20-10-7-4-3-6-9(10)16/h3-4,6-8H,2,5H2,1H3,(H,17,18,19)(H2,20,21,24). The van der Waals surface area contributed by atoms with Gasteiger partial charge in [-0.15, -0.1) is 0 Å². The average molecular weight is 347 g/mol. The molecule has 3 aromatic rings. The van der Waals surface area contributed by atoms with Crippen LogP contribution in [-0.4, -0.2) is 25.6 Å². The van der Waals surface area contributed by atoms with Crippen molar-refractivity contribution < 1.29 is 4.79 Å². The lowest BCUT2D eigenvalue weighted by atomic mass is 10.2. The first-order chi connectivity index (χ1) is 11.6. The van der Waals surface area contributed by atoms with Crippen LogP contribution in [0.1, 0.15) is 19.0 Å². The second-order valence-electron chi connectivity index (χ2n) is 5.07. The van der Waals surface area contributed by atoms with Crippen LogP contribution in [0.25, 0.3) is 5.78 Å². The van der Waals surface area contributed by atoms with Gasteiger partial charge in [-0.05, 0) is 18.6 Å². The minimum atomic E-state index is -0.571. The molecular weight excluding hydrogens is 332 g/mol. The molecule has 3 N–H and O–H groups in total. The van der Waals surface area contributed by atoms with E-state index < -0.39 is 11.6 Å². The topological polar surface area (TPSA) is 104 Å². The van der Waals surface area contributed by atoms with Crippen LogP contribution < -0.4 is 16.2 Å². The number of aryl methyl sites for hydroxylation is 1. The van der Waals surface area contributed by atoms with E-state index in [4.69, 9.17) is 11.6 Å². The van der Waals surface area contributed by atoms with Gasteiger partial charge in [0.2, 0.25) is 0 Å². The summed E-state index contributed by atoms with van der Waals surface area (Å²) in [7, 11) is 0. The van der Waals surface area contributed by atoms with Crippen LogP contribution in [0.3, 0.4) is 0 Å². The predicted molar refractivity (Wildman–Crippen MR) is 91.7 cm³/mol. The van der Waals surface area contributed by atoms with Gasteiger partial charge in [0, 0.05) is 0 Å². The molecule has 0 saturated heterocycles. The molecule has 2 aromatic heterocycles. The van der Waals surface area contributed by atoms with E-state index in [1.165, 1.54) is 10.8 Å². The van der Waals surface area contributed by atoms with Crippen molar-refractivity contribution >= 4 is 34.8 Å². The van der Waals surface area contributed by atoms with Gasteiger partial charge in [0.05, 0.1) is 16.4 Å². The third kappa shape index (κ3) is 3.09. The average Bonchev–Trinajstić information content (AvgIpc) is 3.02. The van der Waals surface area contributed by atoms with Gasteiger partial charge >= 0.3 is 6.03 Å². The number of rotatable bonds is 4. The Morgan fingerprint density at radius 3 is 2.88 bits per heavy atom. The lowest BCUT2D eigenvalue weighted by molar-refractivity contribution is 0.262. The summed E-state index contributed by atoms with van der Waals surface area (Å²) in [4.78, 5) is 33.0. The number of hydrogen-bond acceptors (Lipinski definition) is 4. The van der Waals surface area contributed by atoms with Crippen molar-refractivity contribution in [3.8, 4) is 0 Å². The van der Waals surface area contributed by atoms with Gasteiger partial charge in [-0.2, -0.15) is 4.52 Å². The van der Waals surface area contributed by atoms with E-state index >= 15 is 0 Å². The largest absolute Gasteiger partial charge is 0.323 e. The Bertz CT molecular complexity index is 949. The summed E-state index contributed by atoms with van der Waals surface area (Å²) in [5, 5.41) is 8.25. The summed E-state index contributed by atoms with van der Waals surface area (Å²) in [6.07, 6.45) is 2.68. The maximum atomic E-state index is 12.5. The van der Waals surface area contributed by atoms with Crippen LogP contribution >= 0.6 is 11.6 Å². The molecule has 0 unspecified atom stereocenters. The molecule has 2 heterocycles. The fourth-order valence-electron chi connectivity index (χ4n) is 2.27. The third-order valence-electron chi connectivity index (χ3n) is 3.35. The molecule has 9 heteroatoms. The van der Waals surface area contributed by atoms with Crippen LogP contribution in [0.2, 0.25) is 5.02 Å². The Morgan fingerprint density at radius 1 is 1.33 bits per heavy atom. The number of fused-ring (bicyclic) bond motifs is 1. The number of nitrogens with zero attached hydrogens (tertiary/aromatic N) is 3. The Hall–Kier alpha value is -2.87. The molecule has 0 aliphatic carbocycles. The monoisotopic (exact) mass is 346 g/mol. The maximum Gasteiger partial charge on any atom is 0.323 e. The van der Waals surface area contributed by atoms with Crippen molar-refractivity contribution in [1.82, 2.24) is 19.6 Å². The first-order valence-electron chi connectivity index (χ1n) is 7.37. The number of aromatic nitrogens is 4. The highest BCUT2D eigenvalue weighted by Crippen LogP contribution is 2.20. The van der Waals surface area contributed by atoms with E-state index in [0.717, 1.165) is 6.42 Å². The van der Waals surface area contributed by atoms with E-state index in [0.29, 0.717) is 22.8 Å². The molecule has 8 nitrogen and oxygen atoms in total. The molecule has 2 amide bonds. The fourth-order valence-corrected chi connectivity index (χ4v) is 2.46. The van der Waals surface area contributed by atoms with Gasteiger partial charge in [-0.25, -0.2) is 14.8 Å². The molecule has 0 spiro atoms. The number of urea groups is 1. The van der Waals surface area contributed by atoms with E-state index in [9.17, 15) is 9.59 Å². The zero-order valence-corrected chi connectivity index (χ0v) is 13.6. The van der Waals surface area contributed by atoms with Gasteiger partial charge in [-0.3, -0.25) is 9.89 Å². The van der Waals surface area contributed by atoms with Crippen LogP contribution in [0.5, 0.6) is 0 Å². The number of nitrogens with one attached hydrogen (secondary N) is 3. The molecule has 0 aliphatic rings. The first kappa shape index (κ1) is 16.0. The first-order valence-corrected chi connectivity index (χ1v) is 7.75. The summed E-state index contributed by atoms with van der Waals surface area (Å²) < 4.78 is 1.17. The molecule has 0 saturated carbocycles. The zero-order chi connectivity index (χ0) is 17.1. The van der Waals surface area contributed by atoms with E-state index in [1.54, 1.807) is 24.3 Å². The van der Waals surface area contributed by atoms with E-state index in [2.05, 4.69) is 25.7 Å². The molecular formula is C15H15ClN6O2. The Morgan fingerprint density at radius 2 is 2.12 bits per heavy atom. The highest BCUT2D eigenvalue weighted by atomic mass is 35.5. The number of amides is 2. The lowest BCUT2D eigenvalue weighted by Crippen LogP contribution is -2.28. The Balaban J connectivity index is 1.92. The molecule has 124 valence electrons. The van der Waals surface area contributed by atoms with Crippen LogP contribution in [0, 0.1) is 0 Å². The van der Waals surface area contributed by atoms with Crippen molar-refractivity contribution in [3.05, 3.63) is 51.7 Å². The number of benzene rings is 1. The van der Waals surface area contributed by atoms with Gasteiger partial charge in [-0.1, -0.05) is 37.1 Å². The molecule has 0 bridgehead atoms. The molecule has 0 aliphatic heterocycles. The van der Waals surface area contributed by atoms with Crippen molar-refractivity contribution in [1.29, 1.82) is 0 Å². The Kier molecular flexibility index (Phi) is 4.48. The van der Waals surface area contributed by atoms with Gasteiger partial charge in [0.1, 0.15) is 12.0 Å². The van der Waals surface area contributed by atoms with Gasteiger partial charge < -0.3 is 10.6 Å². The summed E-state index contributed by atoms with van der Waals surface area (Å²) in [6.45, 7) is 1.96. The second kappa shape index (κ2) is 6.71. The number of para-hydroxylation sites is 1. The SMILES string of the molecule is CCCc1nc2nc[nH]n2c(=O)c1NC(=O)Nc1ccccc1Cl. The molecule has 24 heavy (non-hydrogen) atoms. The number of hydrogen-bond donors (Lipinski definition) is 3. The van der Waals surface area contributed by atoms with Crippen molar-refractivity contribution in [2.75, 3.05) is 10.6 Å². The van der Waals surface area contributed by atoms with Gasteiger partial charge in [0.25, 0.3) is 11.3 Å². The van der Waals surface area contributed by atoms with Crippen LogP contribution in [0.4, 0.5) is 16.2 Å². The molecule has 3 rings (SSSR count). The normalized spacial score (nSPS) is 10.8. The fraction of sp³-hybridized carbons (Fsp3) is 0.200. The smallest absolute Gasteiger partial charge is 0.306 e. The zero-order valence-electron chi connectivity index (χ0n) is 12.8.